The Labute approximate surface area is 147 Å². The van der Waals surface area contributed by atoms with E-state index in [0.717, 1.165) is 24.1 Å². The zero-order valence-electron chi connectivity index (χ0n) is 14.2. The van der Waals surface area contributed by atoms with Gasteiger partial charge in [-0.25, -0.2) is 9.78 Å². The number of hydrogen-bond donors (Lipinski definition) is 2. The molecule has 2 N–H and O–H groups in total. The van der Waals surface area contributed by atoms with Crippen molar-refractivity contribution in [2.75, 3.05) is 18.4 Å². The first-order chi connectivity index (χ1) is 12.1. The number of benzene rings is 1. The minimum atomic E-state index is -0.331. The lowest BCUT2D eigenvalue weighted by Gasteiger charge is -2.25. The summed E-state index contributed by atoms with van der Waals surface area (Å²) in [5.74, 6) is 0.674. The van der Waals surface area contributed by atoms with Gasteiger partial charge in [0.05, 0.1) is 6.04 Å². The summed E-state index contributed by atoms with van der Waals surface area (Å²) in [6, 6.07) is 12.8. The van der Waals surface area contributed by atoms with Gasteiger partial charge in [-0.3, -0.25) is 10.1 Å². The topological polar surface area (TPSA) is 74.3 Å². The number of nitrogens with one attached hydrogen (secondary N) is 2. The lowest BCUT2D eigenvalue weighted by molar-refractivity contribution is -0.128. The van der Waals surface area contributed by atoms with E-state index < -0.39 is 0 Å². The highest BCUT2D eigenvalue weighted by molar-refractivity contribution is 5.89. The molecule has 0 bridgehead atoms. The first-order valence-corrected chi connectivity index (χ1v) is 8.45. The zero-order chi connectivity index (χ0) is 17.6. The molecule has 2 aromatic rings. The average Bonchev–Trinajstić information content (AvgIpc) is 3.02. The second-order valence-corrected chi connectivity index (χ2v) is 6.17. The summed E-state index contributed by atoms with van der Waals surface area (Å²) < 4.78 is 0. The van der Waals surface area contributed by atoms with Crippen molar-refractivity contribution in [3.05, 3.63) is 59.8 Å². The van der Waals surface area contributed by atoms with Crippen LogP contribution in [0.2, 0.25) is 0 Å². The van der Waals surface area contributed by atoms with Crippen LogP contribution in [0.4, 0.5) is 10.6 Å². The van der Waals surface area contributed by atoms with E-state index in [2.05, 4.69) is 15.6 Å². The van der Waals surface area contributed by atoms with Crippen molar-refractivity contribution in [1.82, 2.24) is 15.2 Å². The van der Waals surface area contributed by atoms with Crippen molar-refractivity contribution in [3.8, 4) is 0 Å². The minimum Gasteiger partial charge on any atom is -0.340 e. The summed E-state index contributed by atoms with van der Waals surface area (Å²) in [6.07, 6.45) is 3.10. The Bertz CT molecular complexity index is 748. The fourth-order valence-electron chi connectivity index (χ4n) is 2.96. The number of nitrogens with zero attached hydrogens (tertiary/aromatic N) is 2. The summed E-state index contributed by atoms with van der Waals surface area (Å²) in [4.78, 5) is 30.4. The van der Waals surface area contributed by atoms with E-state index >= 15 is 0 Å². The van der Waals surface area contributed by atoms with E-state index in [1.165, 1.54) is 0 Å². The highest BCUT2D eigenvalue weighted by Crippen LogP contribution is 2.19. The van der Waals surface area contributed by atoms with Crippen LogP contribution in [0.25, 0.3) is 0 Å². The van der Waals surface area contributed by atoms with Crippen molar-refractivity contribution in [3.63, 3.8) is 0 Å². The number of anilines is 1. The van der Waals surface area contributed by atoms with E-state index in [4.69, 9.17) is 0 Å². The number of carbonyl (C=O) groups is 2. The van der Waals surface area contributed by atoms with E-state index in [9.17, 15) is 9.59 Å². The van der Waals surface area contributed by atoms with Gasteiger partial charge in [-0.1, -0.05) is 36.4 Å². The molecule has 6 heteroatoms. The van der Waals surface area contributed by atoms with Crippen LogP contribution < -0.4 is 10.6 Å². The van der Waals surface area contributed by atoms with Crippen LogP contribution in [-0.4, -0.2) is 34.9 Å². The summed E-state index contributed by atoms with van der Waals surface area (Å²) in [7, 11) is 0. The first kappa shape index (κ1) is 17.0. The van der Waals surface area contributed by atoms with Crippen LogP contribution in [0.3, 0.4) is 0 Å². The number of likely N-dealkylation sites (tertiary alicyclic amines) is 1. The number of carbonyl (C=O) groups excluding carboxylic acids is 2. The van der Waals surface area contributed by atoms with Gasteiger partial charge in [0.15, 0.2) is 0 Å². The van der Waals surface area contributed by atoms with Gasteiger partial charge in [0.25, 0.3) is 0 Å². The molecule has 1 aliphatic rings. The molecule has 0 unspecified atom stereocenters. The molecule has 1 aliphatic heterocycles. The van der Waals surface area contributed by atoms with Gasteiger partial charge in [-0.05, 0) is 30.5 Å². The summed E-state index contributed by atoms with van der Waals surface area (Å²) in [5.41, 5.74) is 1.86. The van der Waals surface area contributed by atoms with Crippen molar-refractivity contribution >= 4 is 17.8 Å². The van der Waals surface area contributed by atoms with Crippen LogP contribution in [-0.2, 0) is 4.79 Å². The SMILES string of the molecule is Cc1cccnc1NC(=O)N[C@@H](CN1CCCC1=O)c1ccccc1. The fraction of sp³-hybridized carbons (Fsp3) is 0.316. The number of pyridine rings is 1. The molecule has 3 amide bonds. The maximum absolute atomic E-state index is 12.4. The summed E-state index contributed by atoms with van der Waals surface area (Å²) in [5, 5.41) is 5.75. The zero-order valence-corrected chi connectivity index (χ0v) is 14.2. The van der Waals surface area contributed by atoms with Gasteiger partial charge in [0.1, 0.15) is 5.82 Å². The first-order valence-electron chi connectivity index (χ1n) is 8.45. The largest absolute Gasteiger partial charge is 0.340 e. The molecular weight excluding hydrogens is 316 g/mol. The number of hydrogen-bond acceptors (Lipinski definition) is 3. The van der Waals surface area contributed by atoms with Crippen LogP contribution in [0.5, 0.6) is 0 Å². The molecule has 0 aliphatic carbocycles. The van der Waals surface area contributed by atoms with Crippen LogP contribution >= 0.6 is 0 Å². The molecule has 1 aromatic heterocycles. The van der Waals surface area contributed by atoms with Crippen LogP contribution in [0.15, 0.2) is 48.7 Å². The molecule has 3 rings (SSSR count). The number of rotatable bonds is 5. The van der Waals surface area contributed by atoms with Gasteiger partial charge in [-0.2, -0.15) is 0 Å². The molecule has 130 valence electrons. The van der Waals surface area contributed by atoms with Crippen LogP contribution in [0.1, 0.15) is 30.0 Å². The normalized spacial score (nSPS) is 15.1. The lowest BCUT2D eigenvalue weighted by atomic mass is 10.1. The molecule has 1 saturated heterocycles. The molecule has 2 heterocycles. The Morgan fingerprint density at radius 3 is 2.72 bits per heavy atom. The maximum atomic E-state index is 12.4. The smallest absolute Gasteiger partial charge is 0.320 e. The Morgan fingerprint density at radius 2 is 2.04 bits per heavy atom. The Hall–Kier alpha value is -2.89. The van der Waals surface area contributed by atoms with E-state index in [0.29, 0.717) is 18.8 Å². The van der Waals surface area contributed by atoms with Crippen molar-refractivity contribution in [2.24, 2.45) is 0 Å². The minimum absolute atomic E-state index is 0.142. The monoisotopic (exact) mass is 338 g/mol. The quantitative estimate of drug-likeness (QED) is 0.880. The summed E-state index contributed by atoms with van der Waals surface area (Å²) in [6.45, 7) is 3.10. The van der Waals surface area contributed by atoms with Crippen molar-refractivity contribution in [1.29, 1.82) is 0 Å². The van der Waals surface area contributed by atoms with Gasteiger partial charge in [-0.15, -0.1) is 0 Å². The average molecular weight is 338 g/mol. The predicted molar refractivity (Wildman–Crippen MR) is 96.1 cm³/mol. The molecule has 1 fully saturated rings. The second kappa shape index (κ2) is 7.79. The van der Waals surface area contributed by atoms with Gasteiger partial charge < -0.3 is 10.2 Å². The molecule has 6 nitrogen and oxygen atoms in total. The predicted octanol–water partition coefficient (Wildman–Crippen LogP) is 2.88. The molecule has 0 saturated carbocycles. The van der Waals surface area contributed by atoms with Crippen LogP contribution in [0, 0.1) is 6.92 Å². The number of aromatic nitrogens is 1. The van der Waals surface area contributed by atoms with Gasteiger partial charge in [0, 0.05) is 25.7 Å². The highest BCUT2D eigenvalue weighted by atomic mass is 16.2. The molecule has 25 heavy (non-hydrogen) atoms. The second-order valence-electron chi connectivity index (χ2n) is 6.17. The maximum Gasteiger partial charge on any atom is 0.320 e. The third-order valence-corrected chi connectivity index (χ3v) is 4.32. The van der Waals surface area contributed by atoms with Gasteiger partial charge in [0.2, 0.25) is 5.91 Å². The number of urea groups is 1. The van der Waals surface area contributed by atoms with E-state index in [1.54, 1.807) is 6.20 Å². The molecule has 0 radical (unpaired) electrons. The lowest BCUT2D eigenvalue weighted by Crippen LogP contribution is -2.40. The standard InChI is InChI=1S/C19H22N4O2/c1-14-7-5-11-20-18(14)22-19(25)21-16(15-8-3-2-4-9-15)13-23-12-6-10-17(23)24/h2-5,7-9,11,16H,6,10,12-13H2,1H3,(H2,20,21,22,25)/t16-/m0/s1. The van der Waals surface area contributed by atoms with Crippen molar-refractivity contribution in [2.45, 2.75) is 25.8 Å². The third kappa shape index (κ3) is 4.35. The number of amides is 3. The van der Waals surface area contributed by atoms with E-state index in [1.807, 2.05) is 54.3 Å². The molecule has 1 atom stereocenters. The van der Waals surface area contributed by atoms with Gasteiger partial charge >= 0.3 is 6.03 Å². The Balaban J connectivity index is 1.72. The molecule has 1 aromatic carbocycles. The molecular formula is C19H22N4O2. The highest BCUT2D eigenvalue weighted by Gasteiger charge is 2.25. The van der Waals surface area contributed by atoms with E-state index in [-0.39, 0.29) is 18.0 Å². The Kier molecular flexibility index (Phi) is 5.28. The van der Waals surface area contributed by atoms with Crippen molar-refractivity contribution < 1.29 is 9.59 Å². The third-order valence-electron chi connectivity index (χ3n) is 4.32. The Morgan fingerprint density at radius 1 is 1.24 bits per heavy atom. The fourth-order valence-corrected chi connectivity index (χ4v) is 2.96. The number of aryl methyl sites for hydroxylation is 1. The molecule has 0 spiro atoms. The summed E-state index contributed by atoms with van der Waals surface area (Å²) >= 11 is 0.